The Morgan fingerprint density at radius 3 is 2.57 bits per heavy atom. The summed E-state index contributed by atoms with van der Waals surface area (Å²) in [6.45, 7) is 6.67. The number of nitrogens with zero attached hydrogens (tertiary/aromatic N) is 2. The smallest absolute Gasteiger partial charge is 0.277 e. The van der Waals surface area contributed by atoms with Crippen molar-refractivity contribution in [3.8, 4) is 11.3 Å². The van der Waals surface area contributed by atoms with Crippen LogP contribution in [0.2, 0.25) is 0 Å². The van der Waals surface area contributed by atoms with Gasteiger partial charge in [-0.05, 0) is 43.5 Å². The van der Waals surface area contributed by atoms with Gasteiger partial charge in [-0.25, -0.2) is 4.68 Å². The van der Waals surface area contributed by atoms with Crippen LogP contribution in [-0.4, -0.2) is 16.1 Å². The summed E-state index contributed by atoms with van der Waals surface area (Å²) < 4.78 is 1.40. The van der Waals surface area contributed by atoms with Crippen LogP contribution in [0.15, 0.2) is 29.1 Å². The SMILES string of the molecule is CCCCn1nc(-c2ccc(C)c(C)c2)cc(C=O)c1=O. The molecular formula is C17H20N2O2. The second kappa shape index (κ2) is 6.48. The highest BCUT2D eigenvalue weighted by atomic mass is 16.1. The molecule has 21 heavy (non-hydrogen) atoms. The van der Waals surface area contributed by atoms with Gasteiger partial charge in [0, 0.05) is 12.1 Å². The molecule has 0 spiro atoms. The molecule has 0 unspecified atom stereocenters. The highest BCUT2D eigenvalue weighted by molar-refractivity contribution is 5.77. The molecule has 0 atom stereocenters. The Balaban J connectivity index is 2.54. The number of aldehydes is 1. The summed E-state index contributed by atoms with van der Waals surface area (Å²) in [6, 6.07) is 7.59. The van der Waals surface area contributed by atoms with Crippen LogP contribution in [-0.2, 0) is 6.54 Å². The third kappa shape index (κ3) is 3.27. The van der Waals surface area contributed by atoms with Crippen molar-refractivity contribution in [2.75, 3.05) is 0 Å². The average Bonchev–Trinajstić information content (AvgIpc) is 2.49. The lowest BCUT2D eigenvalue weighted by atomic mass is 10.0. The van der Waals surface area contributed by atoms with E-state index in [1.54, 1.807) is 6.07 Å². The topological polar surface area (TPSA) is 52.0 Å². The molecule has 0 radical (unpaired) electrons. The molecule has 0 aliphatic heterocycles. The molecule has 0 N–H and O–H groups in total. The van der Waals surface area contributed by atoms with E-state index in [2.05, 4.69) is 12.0 Å². The minimum atomic E-state index is -0.314. The lowest BCUT2D eigenvalue weighted by Gasteiger charge is -2.09. The molecule has 1 aromatic carbocycles. The molecule has 4 nitrogen and oxygen atoms in total. The van der Waals surface area contributed by atoms with Gasteiger partial charge in [0.25, 0.3) is 5.56 Å². The molecule has 0 saturated heterocycles. The summed E-state index contributed by atoms with van der Waals surface area (Å²) in [4.78, 5) is 23.2. The molecule has 2 rings (SSSR count). The zero-order valence-corrected chi connectivity index (χ0v) is 12.7. The van der Waals surface area contributed by atoms with Crippen molar-refractivity contribution in [3.63, 3.8) is 0 Å². The second-order valence-corrected chi connectivity index (χ2v) is 5.28. The van der Waals surface area contributed by atoms with Crippen LogP contribution in [0.4, 0.5) is 0 Å². The van der Waals surface area contributed by atoms with E-state index in [9.17, 15) is 9.59 Å². The Labute approximate surface area is 124 Å². The summed E-state index contributed by atoms with van der Waals surface area (Å²) in [5.41, 5.74) is 3.80. The van der Waals surface area contributed by atoms with Crippen molar-refractivity contribution in [2.24, 2.45) is 0 Å². The van der Waals surface area contributed by atoms with Crippen molar-refractivity contribution >= 4 is 6.29 Å². The van der Waals surface area contributed by atoms with Gasteiger partial charge >= 0.3 is 0 Å². The Morgan fingerprint density at radius 1 is 1.19 bits per heavy atom. The van der Waals surface area contributed by atoms with Gasteiger partial charge in [0.2, 0.25) is 0 Å². The maximum Gasteiger partial charge on any atom is 0.277 e. The van der Waals surface area contributed by atoms with Crippen molar-refractivity contribution in [1.82, 2.24) is 9.78 Å². The fourth-order valence-electron chi connectivity index (χ4n) is 2.15. The molecule has 2 aromatic rings. The number of aryl methyl sites for hydroxylation is 3. The number of hydrogen-bond donors (Lipinski definition) is 0. The highest BCUT2D eigenvalue weighted by Crippen LogP contribution is 2.20. The summed E-state index contributed by atoms with van der Waals surface area (Å²) >= 11 is 0. The van der Waals surface area contributed by atoms with Crippen molar-refractivity contribution < 1.29 is 4.79 Å². The minimum absolute atomic E-state index is 0.161. The minimum Gasteiger partial charge on any atom is -0.298 e. The van der Waals surface area contributed by atoms with E-state index >= 15 is 0 Å². The molecule has 0 aliphatic carbocycles. The van der Waals surface area contributed by atoms with E-state index in [0.717, 1.165) is 24.0 Å². The zero-order valence-electron chi connectivity index (χ0n) is 12.7. The van der Waals surface area contributed by atoms with Gasteiger partial charge < -0.3 is 0 Å². The molecule has 0 aliphatic rings. The van der Waals surface area contributed by atoms with Crippen LogP contribution in [0.1, 0.15) is 41.3 Å². The second-order valence-electron chi connectivity index (χ2n) is 5.28. The highest BCUT2D eigenvalue weighted by Gasteiger charge is 2.10. The van der Waals surface area contributed by atoms with Gasteiger partial charge in [-0.3, -0.25) is 9.59 Å². The third-order valence-corrected chi connectivity index (χ3v) is 3.66. The standard InChI is InChI=1S/C17H20N2O2/c1-4-5-8-19-17(21)15(11-20)10-16(18-19)14-7-6-12(2)13(3)9-14/h6-7,9-11H,4-5,8H2,1-3H3. The summed E-state index contributed by atoms with van der Waals surface area (Å²) in [5, 5.41) is 4.40. The Bertz CT molecular complexity index is 717. The van der Waals surface area contributed by atoms with Crippen LogP contribution in [0.3, 0.4) is 0 Å². The van der Waals surface area contributed by atoms with Gasteiger partial charge in [0.05, 0.1) is 11.3 Å². The lowest BCUT2D eigenvalue weighted by molar-refractivity contribution is 0.112. The fourth-order valence-corrected chi connectivity index (χ4v) is 2.15. The van der Waals surface area contributed by atoms with E-state index in [4.69, 9.17) is 0 Å². The van der Waals surface area contributed by atoms with E-state index in [1.165, 1.54) is 10.2 Å². The predicted octanol–water partition coefficient (Wildman–Crippen LogP) is 3.14. The monoisotopic (exact) mass is 284 g/mol. The quantitative estimate of drug-likeness (QED) is 0.793. The molecule has 4 heteroatoms. The first kappa shape index (κ1) is 15.2. The molecule has 110 valence electrons. The number of hydrogen-bond acceptors (Lipinski definition) is 3. The average molecular weight is 284 g/mol. The van der Waals surface area contributed by atoms with E-state index < -0.39 is 0 Å². The van der Waals surface area contributed by atoms with E-state index in [1.807, 2.05) is 32.0 Å². The van der Waals surface area contributed by atoms with Gasteiger partial charge in [-0.2, -0.15) is 5.10 Å². The number of carbonyl (C=O) groups is 1. The van der Waals surface area contributed by atoms with Gasteiger partial charge in [-0.15, -0.1) is 0 Å². The normalized spacial score (nSPS) is 10.6. The molecule has 1 heterocycles. The lowest BCUT2D eigenvalue weighted by Crippen LogP contribution is -2.26. The van der Waals surface area contributed by atoms with Crippen LogP contribution >= 0.6 is 0 Å². The zero-order chi connectivity index (χ0) is 15.4. The van der Waals surface area contributed by atoms with Gasteiger partial charge in [0.1, 0.15) is 0 Å². The predicted molar refractivity (Wildman–Crippen MR) is 83.7 cm³/mol. The van der Waals surface area contributed by atoms with Crippen LogP contribution < -0.4 is 5.56 Å². The van der Waals surface area contributed by atoms with Crippen LogP contribution in [0, 0.1) is 13.8 Å². The Morgan fingerprint density at radius 2 is 1.95 bits per heavy atom. The fraction of sp³-hybridized carbons (Fsp3) is 0.353. The first-order chi connectivity index (χ1) is 10.1. The largest absolute Gasteiger partial charge is 0.298 e. The van der Waals surface area contributed by atoms with E-state index in [0.29, 0.717) is 18.5 Å². The summed E-state index contributed by atoms with van der Waals surface area (Å²) in [6.07, 6.45) is 2.44. The van der Waals surface area contributed by atoms with Crippen LogP contribution in [0.5, 0.6) is 0 Å². The molecule has 0 amide bonds. The summed E-state index contributed by atoms with van der Waals surface area (Å²) in [7, 11) is 0. The Hall–Kier alpha value is -2.23. The molecule has 0 bridgehead atoms. The molecule has 0 fully saturated rings. The third-order valence-electron chi connectivity index (χ3n) is 3.66. The molecule has 0 saturated carbocycles. The number of unbranched alkanes of at least 4 members (excludes halogenated alkanes) is 1. The number of benzene rings is 1. The van der Waals surface area contributed by atoms with Gasteiger partial charge in [0.15, 0.2) is 6.29 Å². The molecular weight excluding hydrogens is 264 g/mol. The maximum atomic E-state index is 12.1. The number of rotatable bonds is 5. The Kier molecular flexibility index (Phi) is 4.68. The number of carbonyl (C=O) groups excluding carboxylic acids is 1. The maximum absolute atomic E-state index is 12.1. The van der Waals surface area contributed by atoms with Crippen LogP contribution in [0.25, 0.3) is 11.3 Å². The molecule has 1 aromatic heterocycles. The van der Waals surface area contributed by atoms with Crippen molar-refractivity contribution in [1.29, 1.82) is 0 Å². The van der Waals surface area contributed by atoms with Crippen molar-refractivity contribution in [2.45, 2.75) is 40.2 Å². The van der Waals surface area contributed by atoms with Crippen molar-refractivity contribution in [3.05, 3.63) is 51.3 Å². The first-order valence-corrected chi connectivity index (χ1v) is 7.21. The van der Waals surface area contributed by atoms with Gasteiger partial charge in [-0.1, -0.05) is 25.5 Å². The van der Waals surface area contributed by atoms with E-state index in [-0.39, 0.29) is 11.1 Å². The number of aromatic nitrogens is 2. The summed E-state index contributed by atoms with van der Waals surface area (Å²) in [5.74, 6) is 0. The first-order valence-electron chi connectivity index (χ1n) is 7.21.